The summed E-state index contributed by atoms with van der Waals surface area (Å²) in [5.74, 6) is 0.908. The molecule has 0 spiro atoms. The molecule has 0 aromatic heterocycles. The molecular formula is C11H21NO. The summed E-state index contributed by atoms with van der Waals surface area (Å²) in [6.07, 6.45) is 4.39. The number of hydrogen-bond donors (Lipinski definition) is 0. The van der Waals surface area contributed by atoms with Crippen molar-refractivity contribution in [3.8, 4) is 0 Å². The zero-order chi connectivity index (χ0) is 9.84. The fraction of sp³-hybridized carbons (Fsp3) is 0.909. The van der Waals surface area contributed by atoms with Gasteiger partial charge in [0.05, 0.1) is 0 Å². The van der Waals surface area contributed by atoms with Crippen LogP contribution in [0.4, 0.5) is 0 Å². The zero-order valence-corrected chi connectivity index (χ0v) is 9.05. The fourth-order valence-corrected chi connectivity index (χ4v) is 1.96. The van der Waals surface area contributed by atoms with Gasteiger partial charge in [0.2, 0.25) is 5.91 Å². The van der Waals surface area contributed by atoms with Gasteiger partial charge < -0.3 is 4.90 Å². The molecule has 1 amide bonds. The van der Waals surface area contributed by atoms with Crippen molar-refractivity contribution in [2.75, 3.05) is 6.54 Å². The molecule has 2 heteroatoms. The maximum atomic E-state index is 11.5. The Balaban J connectivity index is 2.35. The first-order chi connectivity index (χ1) is 6.16. The van der Waals surface area contributed by atoms with Gasteiger partial charge in [-0.2, -0.15) is 0 Å². The maximum absolute atomic E-state index is 11.5. The third kappa shape index (κ3) is 2.45. The minimum Gasteiger partial charge on any atom is -0.340 e. The van der Waals surface area contributed by atoms with E-state index in [-0.39, 0.29) is 0 Å². The van der Waals surface area contributed by atoms with E-state index in [9.17, 15) is 4.79 Å². The second kappa shape index (κ2) is 4.64. The summed E-state index contributed by atoms with van der Waals surface area (Å²) < 4.78 is 0. The number of hydrogen-bond acceptors (Lipinski definition) is 1. The molecule has 0 radical (unpaired) electrons. The molecule has 1 aliphatic rings. The molecule has 0 aromatic carbocycles. The molecule has 0 aliphatic carbocycles. The molecule has 1 heterocycles. The van der Waals surface area contributed by atoms with Crippen LogP contribution < -0.4 is 0 Å². The van der Waals surface area contributed by atoms with Crippen LogP contribution in [0.3, 0.4) is 0 Å². The highest BCUT2D eigenvalue weighted by molar-refractivity contribution is 5.79. The first kappa shape index (κ1) is 10.6. The molecule has 2 nitrogen and oxygen atoms in total. The molecule has 1 aliphatic heterocycles. The van der Waals surface area contributed by atoms with Crippen molar-refractivity contribution in [2.45, 2.75) is 52.5 Å². The average Bonchev–Trinajstić information content (AvgIpc) is 2.32. The molecule has 1 rings (SSSR count). The highest BCUT2D eigenvalue weighted by atomic mass is 16.2. The Labute approximate surface area is 81.3 Å². The van der Waals surface area contributed by atoms with Crippen LogP contribution in [0, 0.1) is 5.92 Å². The summed E-state index contributed by atoms with van der Waals surface area (Å²) in [5, 5.41) is 0. The van der Waals surface area contributed by atoms with Crippen molar-refractivity contribution in [1.82, 2.24) is 4.90 Å². The fourth-order valence-electron chi connectivity index (χ4n) is 1.96. The molecule has 0 N–H and O–H groups in total. The third-order valence-electron chi connectivity index (χ3n) is 3.13. The van der Waals surface area contributed by atoms with Crippen molar-refractivity contribution < 1.29 is 4.79 Å². The van der Waals surface area contributed by atoms with Crippen LogP contribution in [0.25, 0.3) is 0 Å². The summed E-state index contributed by atoms with van der Waals surface area (Å²) in [5.41, 5.74) is 0. The Hall–Kier alpha value is -0.530. The van der Waals surface area contributed by atoms with Crippen molar-refractivity contribution >= 4 is 5.91 Å². The molecule has 13 heavy (non-hydrogen) atoms. The summed E-state index contributed by atoms with van der Waals surface area (Å²) >= 11 is 0. The monoisotopic (exact) mass is 183 g/mol. The molecule has 1 fully saturated rings. The van der Waals surface area contributed by atoms with Gasteiger partial charge in [0.1, 0.15) is 0 Å². The number of unbranched alkanes of at least 4 members (excludes halogenated alkanes) is 2. The van der Waals surface area contributed by atoms with Crippen LogP contribution in [-0.2, 0) is 4.79 Å². The normalized spacial score (nSPS) is 28.5. The molecule has 2 atom stereocenters. The van der Waals surface area contributed by atoms with E-state index in [1.54, 1.807) is 0 Å². The predicted octanol–water partition coefficient (Wildman–Crippen LogP) is 2.43. The van der Waals surface area contributed by atoms with E-state index in [4.69, 9.17) is 0 Å². The Bertz CT molecular complexity index is 179. The van der Waals surface area contributed by atoms with Gasteiger partial charge in [0, 0.05) is 19.0 Å². The van der Waals surface area contributed by atoms with E-state index < -0.39 is 0 Å². The molecule has 2 unspecified atom stereocenters. The number of likely N-dealkylation sites (tertiary alicyclic amines) is 1. The van der Waals surface area contributed by atoms with Crippen molar-refractivity contribution in [2.24, 2.45) is 5.92 Å². The predicted molar refractivity (Wildman–Crippen MR) is 54.5 cm³/mol. The van der Waals surface area contributed by atoms with E-state index in [2.05, 4.69) is 25.7 Å². The first-order valence-corrected chi connectivity index (χ1v) is 5.46. The third-order valence-corrected chi connectivity index (χ3v) is 3.13. The van der Waals surface area contributed by atoms with E-state index in [1.165, 1.54) is 19.3 Å². The van der Waals surface area contributed by atoms with Gasteiger partial charge in [-0.1, -0.05) is 26.7 Å². The van der Waals surface area contributed by atoms with Gasteiger partial charge in [-0.05, 0) is 19.3 Å². The van der Waals surface area contributed by atoms with E-state index in [1.807, 2.05) is 0 Å². The standard InChI is InChI=1S/C11H21NO/c1-4-5-6-7-12-10(3)9(2)8-11(12)13/h9-10H,4-8H2,1-3H3. The molecule has 0 aromatic rings. The Morgan fingerprint density at radius 1 is 1.38 bits per heavy atom. The number of carbonyl (C=O) groups excluding carboxylic acids is 1. The lowest BCUT2D eigenvalue weighted by atomic mass is 10.1. The van der Waals surface area contributed by atoms with Crippen LogP contribution in [0.2, 0.25) is 0 Å². The smallest absolute Gasteiger partial charge is 0.223 e. The quantitative estimate of drug-likeness (QED) is 0.613. The van der Waals surface area contributed by atoms with E-state index in [0.29, 0.717) is 17.9 Å². The highest BCUT2D eigenvalue weighted by Crippen LogP contribution is 2.24. The topological polar surface area (TPSA) is 20.3 Å². The zero-order valence-electron chi connectivity index (χ0n) is 9.05. The highest BCUT2D eigenvalue weighted by Gasteiger charge is 2.32. The molecule has 76 valence electrons. The van der Waals surface area contributed by atoms with Gasteiger partial charge in [-0.25, -0.2) is 0 Å². The second-order valence-corrected chi connectivity index (χ2v) is 4.22. The van der Waals surface area contributed by atoms with Crippen LogP contribution in [-0.4, -0.2) is 23.4 Å². The number of rotatable bonds is 4. The lowest BCUT2D eigenvalue weighted by molar-refractivity contribution is -0.128. The van der Waals surface area contributed by atoms with E-state index >= 15 is 0 Å². The largest absolute Gasteiger partial charge is 0.340 e. The van der Waals surface area contributed by atoms with Crippen LogP contribution in [0.5, 0.6) is 0 Å². The van der Waals surface area contributed by atoms with Crippen LogP contribution in [0.1, 0.15) is 46.5 Å². The molecule has 1 saturated heterocycles. The molecule has 0 bridgehead atoms. The van der Waals surface area contributed by atoms with Gasteiger partial charge in [-0.15, -0.1) is 0 Å². The Morgan fingerprint density at radius 3 is 2.54 bits per heavy atom. The van der Waals surface area contributed by atoms with Crippen molar-refractivity contribution in [1.29, 1.82) is 0 Å². The minimum atomic E-state index is 0.358. The van der Waals surface area contributed by atoms with Crippen LogP contribution >= 0.6 is 0 Å². The number of carbonyl (C=O) groups is 1. The summed E-state index contributed by atoms with van der Waals surface area (Å²) in [6, 6.07) is 0.462. The Kier molecular flexibility index (Phi) is 3.76. The average molecular weight is 183 g/mol. The minimum absolute atomic E-state index is 0.358. The second-order valence-electron chi connectivity index (χ2n) is 4.22. The van der Waals surface area contributed by atoms with Gasteiger partial charge in [-0.3, -0.25) is 4.79 Å². The summed E-state index contributed by atoms with van der Waals surface area (Å²) in [7, 11) is 0. The van der Waals surface area contributed by atoms with Gasteiger partial charge in [0.15, 0.2) is 0 Å². The Morgan fingerprint density at radius 2 is 2.08 bits per heavy atom. The molecule has 0 saturated carbocycles. The van der Waals surface area contributed by atoms with Crippen LogP contribution in [0.15, 0.2) is 0 Å². The molecular weight excluding hydrogens is 162 g/mol. The van der Waals surface area contributed by atoms with E-state index in [0.717, 1.165) is 13.0 Å². The summed E-state index contributed by atoms with van der Waals surface area (Å²) in [6.45, 7) is 7.50. The lowest BCUT2D eigenvalue weighted by Gasteiger charge is -2.23. The number of nitrogens with zero attached hydrogens (tertiary/aromatic N) is 1. The first-order valence-electron chi connectivity index (χ1n) is 5.46. The van der Waals surface area contributed by atoms with Crippen molar-refractivity contribution in [3.63, 3.8) is 0 Å². The summed E-state index contributed by atoms with van der Waals surface area (Å²) in [4.78, 5) is 13.6. The number of amides is 1. The SMILES string of the molecule is CCCCCN1C(=O)CC(C)C1C. The van der Waals surface area contributed by atoms with Gasteiger partial charge in [0.25, 0.3) is 0 Å². The maximum Gasteiger partial charge on any atom is 0.223 e. The van der Waals surface area contributed by atoms with Gasteiger partial charge >= 0.3 is 0 Å². The lowest BCUT2D eigenvalue weighted by Crippen LogP contribution is -2.33. The van der Waals surface area contributed by atoms with Crippen molar-refractivity contribution in [3.05, 3.63) is 0 Å².